The van der Waals surface area contributed by atoms with Crippen molar-refractivity contribution in [1.82, 2.24) is 9.97 Å². The van der Waals surface area contributed by atoms with Crippen LogP contribution in [0.2, 0.25) is 0 Å². The number of benzene rings is 5. The lowest BCUT2D eigenvalue weighted by atomic mass is 9.74. The lowest BCUT2D eigenvalue weighted by molar-refractivity contribution is 0.482. The molecule has 2 aliphatic carbocycles. The molecule has 0 aliphatic heterocycles. The van der Waals surface area contributed by atoms with Crippen LogP contribution in [0.3, 0.4) is 0 Å². The van der Waals surface area contributed by atoms with Crippen molar-refractivity contribution in [3.8, 4) is 0 Å². The number of imidazole rings is 1. The van der Waals surface area contributed by atoms with E-state index < -0.39 is 35.9 Å². The molecule has 1 atom stereocenters. The number of nitrogens with one attached hydrogen (secondary N) is 1. The molecule has 2 aliphatic rings. The topological polar surface area (TPSA) is 137 Å². The quantitative estimate of drug-likeness (QED) is 0.194. The van der Waals surface area contributed by atoms with Crippen LogP contribution in [0, 0.1) is 0 Å². The molecule has 0 bridgehead atoms. The number of allylic oxidation sites excluding steroid dienone is 2. The summed E-state index contributed by atoms with van der Waals surface area (Å²) < 4.78 is 68.4. The first-order valence-electron chi connectivity index (χ1n) is 13.5. The number of rotatable bonds is 4. The van der Waals surface area contributed by atoms with Gasteiger partial charge in [-0.1, -0.05) is 78.9 Å². The molecule has 1 heterocycles. The van der Waals surface area contributed by atoms with Crippen molar-refractivity contribution in [1.29, 1.82) is 0 Å². The van der Waals surface area contributed by atoms with Gasteiger partial charge in [0.25, 0.3) is 20.2 Å². The van der Waals surface area contributed by atoms with Gasteiger partial charge < -0.3 is 4.98 Å². The summed E-state index contributed by atoms with van der Waals surface area (Å²) in [5, 5.41) is 4.45. The highest BCUT2D eigenvalue weighted by molar-refractivity contribution is 7.86. The Balaban J connectivity index is 1.41. The van der Waals surface area contributed by atoms with Gasteiger partial charge in [-0.05, 0) is 79.6 Å². The molecule has 0 radical (unpaired) electrons. The predicted octanol–water partition coefficient (Wildman–Crippen LogP) is 6.53. The third-order valence-electron chi connectivity index (χ3n) is 8.40. The van der Waals surface area contributed by atoms with E-state index in [0.29, 0.717) is 18.3 Å². The molecule has 6 aromatic rings. The van der Waals surface area contributed by atoms with Gasteiger partial charge in [0.05, 0.1) is 16.3 Å². The molecule has 1 aromatic heterocycles. The number of hydrogen-bond acceptors (Lipinski definition) is 5. The maximum atomic E-state index is 12.4. The highest BCUT2D eigenvalue weighted by atomic mass is 32.2. The monoisotopic (exact) mass is 606 g/mol. The summed E-state index contributed by atoms with van der Waals surface area (Å²) in [7, 11) is -9.68. The minimum Gasteiger partial charge on any atom is -0.341 e. The van der Waals surface area contributed by atoms with Crippen molar-refractivity contribution >= 4 is 65.0 Å². The molecule has 1 unspecified atom stereocenters. The summed E-state index contributed by atoms with van der Waals surface area (Å²) in [6, 6.07) is 26.5. The average molecular weight is 607 g/mol. The zero-order chi connectivity index (χ0) is 29.7. The molecule has 10 heteroatoms. The van der Waals surface area contributed by atoms with E-state index in [-0.39, 0.29) is 11.0 Å². The molecular formula is C33H22N2O6S2. The first-order valence-corrected chi connectivity index (χ1v) is 16.4. The third kappa shape index (κ3) is 4.06. The molecule has 212 valence electrons. The van der Waals surface area contributed by atoms with Crippen molar-refractivity contribution in [2.45, 2.75) is 22.1 Å². The largest absolute Gasteiger partial charge is 0.341 e. The van der Waals surface area contributed by atoms with E-state index >= 15 is 0 Å². The van der Waals surface area contributed by atoms with Crippen LogP contribution in [0.15, 0.2) is 106 Å². The first kappa shape index (κ1) is 26.1. The second kappa shape index (κ2) is 8.95. The molecule has 43 heavy (non-hydrogen) atoms. The van der Waals surface area contributed by atoms with Crippen LogP contribution in [-0.2, 0) is 26.7 Å². The zero-order valence-electron chi connectivity index (χ0n) is 22.3. The number of fused-ring (bicyclic) bond motifs is 1. The second-order valence-electron chi connectivity index (χ2n) is 10.9. The maximum Gasteiger partial charge on any atom is 0.296 e. The average Bonchev–Trinajstić information content (AvgIpc) is 3.40. The van der Waals surface area contributed by atoms with E-state index in [2.05, 4.69) is 58.5 Å². The van der Waals surface area contributed by atoms with Gasteiger partial charge in [0, 0.05) is 0 Å². The molecule has 8 rings (SSSR count). The fourth-order valence-corrected chi connectivity index (χ4v) is 7.94. The maximum absolute atomic E-state index is 12.4. The Morgan fingerprint density at radius 2 is 1.40 bits per heavy atom. The summed E-state index contributed by atoms with van der Waals surface area (Å²) in [4.78, 5) is 6.43. The Morgan fingerprint density at radius 3 is 2.09 bits per heavy atom. The molecule has 0 saturated heterocycles. The summed E-state index contributed by atoms with van der Waals surface area (Å²) in [6.07, 6.45) is 4.99. The third-order valence-corrected chi connectivity index (χ3v) is 10.1. The van der Waals surface area contributed by atoms with Crippen LogP contribution < -0.4 is 0 Å². The lowest BCUT2D eigenvalue weighted by Gasteiger charge is -2.29. The number of H-pyrrole nitrogens is 1. The predicted molar refractivity (Wildman–Crippen MR) is 165 cm³/mol. The van der Waals surface area contributed by atoms with E-state index in [9.17, 15) is 25.9 Å². The highest BCUT2D eigenvalue weighted by Gasteiger charge is 2.33. The van der Waals surface area contributed by atoms with Gasteiger partial charge in [-0.3, -0.25) is 9.11 Å². The molecule has 0 fully saturated rings. The van der Waals surface area contributed by atoms with Crippen molar-refractivity contribution in [2.75, 3.05) is 0 Å². The van der Waals surface area contributed by atoms with Gasteiger partial charge >= 0.3 is 0 Å². The van der Waals surface area contributed by atoms with Gasteiger partial charge in [-0.25, -0.2) is 4.98 Å². The lowest BCUT2D eigenvalue weighted by Crippen LogP contribution is -2.15. The van der Waals surface area contributed by atoms with Gasteiger partial charge in [-0.2, -0.15) is 16.8 Å². The van der Waals surface area contributed by atoms with Gasteiger partial charge in [0.1, 0.15) is 16.2 Å². The molecular weight excluding hydrogens is 585 g/mol. The van der Waals surface area contributed by atoms with Crippen LogP contribution in [0.25, 0.3) is 44.7 Å². The van der Waals surface area contributed by atoms with Gasteiger partial charge in [0.2, 0.25) is 0 Å². The number of aromatic nitrogens is 2. The zero-order valence-corrected chi connectivity index (χ0v) is 23.9. The second-order valence-corrected chi connectivity index (χ2v) is 13.7. The summed E-state index contributed by atoms with van der Waals surface area (Å²) in [6.45, 7) is 0. The van der Waals surface area contributed by atoms with Crippen LogP contribution in [0.4, 0.5) is 0 Å². The molecule has 0 spiro atoms. The van der Waals surface area contributed by atoms with Crippen molar-refractivity contribution in [3.63, 3.8) is 0 Å². The number of aromatic amines is 1. The molecule has 5 aromatic carbocycles. The van der Waals surface area contributed by atoms with Crippen LogP contribution in [0.1, 0.15) is 34.0 Å². The Hall–Kier alpha value is -4.61. The fourth-order valence-electron chi connectivity index (χ4n) is 6.66. The summed E-state index contributed by atoms with van der Waals surface area (Å²) >= 11 is 0. The number of nitrogens with zero attached hydrogens (tertiary/aromatic N) is 1. The molecule has 0 amide bonds. The van der Waals surface area contributed by atoms with Crippen molar-refractivity contribution in [2.24, 2.45) is 0 Å². The Morgan fingerprint density at radius 1 is 0.744 bits per heavy atom. The van der Waals surface area contributed by atoms with Crippen molar-refractivity contribution in [3.05, 3.63) is 124 Å². The van der Waals surface area contributed by atoms with Crippen LogP contribution in [0.5, 0.6) is 0 Å². The Labute approximate surface area is 246 Å². The van der Waals surface area contributed by atoms with E-state index in [1.54, 1.807) is 0 Å². The minimum absolute atomic E-state index is 0.0517. The van der Waals surface area contributed by atoms with Crippen molar-refractivity contribution < 1.29 is 25.9 Å². The Kier molecular flexibility index (Phi) is 5.42. The molecule has 3 N–H and O–H groups in total. The van der Waals surface area contributed by atoms with E-state index in [1.165, 1.54) is 16.3 Å². The minimum atomic E-state index is -4.89. The van der Waals surface area contributed by atoms with Gasteiger partial charge in [-0.15, -0.1) is 0 Å². The van der Waals surface area contributed by atoms with E-state index in [0.717, 1.165) is 44.7 Å². The normalized spacial score (nSPS) is 16.5. The smallest absolute Gasteiger partial charge is 0.296 e. The van der Waals surface area contributed by atoms with Crippen LogP contribution in [-0.4, -0.2) is 35.9 Å². The first-order chi connectivity index (χ1) is 20.6. The summed E-state index contributed by atoms with van der Waals surface area (Å²) in [5.41, 5.74) is 6.24. The Bertz CT molecular complexity index is 2480. The summed E-state index contributed by atoms with van der Waals surface area (Å²) in [5.74, 6) is -0.108. The molecule has 0 saturated carbocycles. The standard InChI is InChI=1S/C33H22N2O6S2/c36-42(37,38)24-16-27-32(28(17-24)43(39,40)41)35-33(34-27)31-25-12-4-8-19-7-3-11-22(30(19)25)15-26(31)23-13-20-9-1-5-18-6-2-10-21(14-23)29(18)20/h1-13,15-17,31H,14H2,(H,34,35)(H,36,37,38)(H,39,40,41). The van der Waals surface area contributed by atoms with Crippen LogP contribution >= 0.6 is 0 Å². The SMILES string of the molecule is O=S(=O)(O)c1cc(S(=O)(=O)O)c2nc(C3C(C4=Cc5cccc6cccc(c56)C4)=Cc4cccc5cccc3c45)[nH]c2c1. The molecule has 8 nitrogen and oxygen atoms in total. The number of hydrogen-bond donors (Lipinski definition) is 3. The van der Waals surface area contributed by atoms with E-state index in [4.69, 9.17) is 0 Å². The fraction of sp³-hybridized carbons (Fsp3) is 0.0606. The van der Waals surface area contributed by atoms with Gasteiger partial charge in [0.15, 0.2) is 0 Å². The van der Waals surface area contributed by atoms with E-state index in [1.807, 2.05) is 36.4 Å². The highest BCUT2D eigenvalue weighted by Crippen LogP contribution is 2.47.